The van der Waals surface area contributed by atoms with E-state index in [4.69, 9.17) is 12.2 Å². The number of aryl methyl sites for hydroxylation is 2. The Bertz CT molecular complexity index is 873. The number of hydrogen-bond donors (Lipinski definition) is 2. The Hall–Kier alpha value is -1.92. The van der Waals surface area contributed by atoms with E-state index in [9.17, 15) is 4.79 Å². The number of nitrogens with zero attached hydrogens (tertiary/aromatic N) is 2. The molecule has 0 atom stereocenters. The molecule has 6 heteroatoms. The molecule has 0 saturated heterocycles. The van der Waals surface area contributed by atoms with E-state index in [1.165, 1.54) is 0 Å². The molecule has 1 aromatic heterocycles. The molecule has 0 aliphatic carbocycles. The second-order valence-corrected chi connectivity index (χ2v) is 8.66. The first-order chi connectivity index (χ1) is 13.2. The Morgan fingerprint density at radius 1 is 1.18 bits per heavy atom. The summed E-state index contributed by atoms with van der Waals surface area (Å²) in [6.07, 6.45) is 0.986. The zero-order valence-electron chi connectivity index (χ0n) is 18.1. The molecule has 2 N–H and O–H groups in total. The number of nitrogens with one attached hydrogen (secondary N) is 2. The predicted molar refractivity (Wildman–Crippen MR) is 123 cm³/mol. The predicted octanol–water partition coefficient (Wildman–Crippen LogP) is 3.43. The van der Waals surface area contributed by atoms with Crippen molar-refractivity contribution in [3.8, 4) is 0 Å². The van der Waals surface area contributed by atoms with Gasteiger partial charge in [0.15, 0.2) is 5.11 Å². The third kappa shape index (κ3) is 6.04. The van der Waals surface area contributed by atoms with Crippen molar-refractivity contribution in [3.05, 3.63) is 45.2 Å². The highest BCUT2D eigenvalue weighted by molar-refractivity contribution is 7.80. The summed E-state index contributed by atoms with van der Waals surface area (Å²) in [4.78, 5) is 20.1. The maximum Gasteiger partial charge on any atom is 0.253 e. The van der Waals surface area contributed by atoms with Crippen LogP contribution in [0.2, 0.25) is 0 Å². The van der Waals surface area contributed by atoms with Crippen molar-refractivity contribution in [2.24, 2.45) is 5.92 Å². The molecule has 0 saturated carbocycles. The molecular formula is C22H34N4OS. The first-order valence-electron chi connectivity index (χ1n) is 9.98. The Morgan fingerprint density at radius 3 is 2.50 bits per heavy atom. The van der Waals surface area contributed by atoms with Crippen LogP contribution in [-0.2, 0) is 6.54 Å². The minimum Gasteiger partial charge on any atom is -0.362 e. The lowest BCUT2D eigenvalue weighted by atomic mass is 10.0. The van der Waals surface area contributed by atoms with Gasteiger partial charge in [0.25, 0.3) is 5.56 Å². The highest BCUT2D eigenvalue weighted by Gasteiger charge is 2.14. The molecule has 0 amide bonds. The first-order valence-corrected chi connectivity index (χ1v) is 10.4. The molecule has 2 rings (SSSR count). The molecular weight excluding hydrogens is 368 g/mol. The maximum absolute atomic E-state index is 12.7. The molecule has 0 aliphatic heterocycles. The normalized spacial score (nSPS) is 11.4. The second kappa shape index (κ2) is 10.0. The highest BCUT2D eigenvalue weighted by atomic mass is 32.1. The molecule has 0 radical (unpaired) electrons. The van der Waals surface area contributed by atoms with Crippen molar-refractivity contribution in [3.63, 3.8) is 0 Å². The van der Waals surface area contributed by atoms with E-state index < -0.39 is 0 Å². The van der Waals surface area contributed by atoms with Crippen molar-refractivity contribution in [2.45, 2.75) is 40.7 Å². The Balaban J connectivity index is 2.28. The molecule has 0 unspecified atom stereocenters. The van der Waals surface area contributed by atoms with Crippen molar-refractivity contribution < 1.29 is 0 Å². The van der Waals surface area contributed by atoms with Crippen LogP contribution in [0, 0.1) is 19.8 Å². The number of pyridine rings is 1. The lowest BCUT2D eigenvalue weighted by molar-refractivity contribution is 0.339. The average Bonchev–Trinajstić information content (AvgIpc) is 2.62. The summed E-state index contributed by atoms with van der Waals surface area (Å²) < 4.78 is 0. The zero-order valence-corrected chi connectivity index (χ0v) is 18.9. The number of rotatable bonds is 8. The Kier molecular flexibility index (Phi) is 8.01. The maximum atomic E-state index is 12.7. The number of H-pyrrole nitrogens is 1. The summed E-state index contributed by atoms with van der Waals surface area (Å²) in [6.45, 7) is 11.5. The standard InChI is InChI=1S/C22H34N4OS/c1-15(2)13-23-22(28)26(11-7-10-25(5)6)14-18-12-19-16(3)8-9-17(4)20(19)24-21(18)27/h8-9,12,15H,7,10-11,13-14H2,1-6H3,(H,23,28)(H,24,27). The third-order valence-electron chi connectivity index (χ3n) is 4.86. The van der Waals surface area contributed by atoms with Crippen LogP contribution < -0.4 is 10.9 Å². The molecule has 1 heterocycles. The Morgan fingerprint density at radius 2 is 1.86 bits per heavy atom. The smallest absolute Gasteiger partial charge is 0.253 e. The van der Waals surface area contributed by atoms with Crippen LogP contribution in [0.1, 0.15) is 37.0 Å². The van der Waals surface area contributed by atoms with E-state index >= 15 is 0 Å². The topological polar surface area (TPSA) is 51.4 Å². The Labute approximate surface area is 174 Å². The van der Waals surface area contributed by atoms with Crippen LogP contribution in [0.3, 0.4) is 0 Å². The highest BCUT2D eigenvalue weighted by Crippen LogP contribution is 2.20. The van der Waals surface area contributed by atoms with Gasteiger partial charge in [0.05, 0.1) is 12.1 Å². The van der Waals surface area contributed by atoms with Crippen molar-refractivity contribution >= 4 is 28.2 Å². The molecule has 0 bridgehead atoms. The zero-order chi connectivity index (χ0) is 20.8. The minimum absolute atomic E-state index is 0.0366. The summed E-state index contributed by atoms with van der Waals surface area (Å²) in [5, 5.41) is 5.17. The largest absolute Gasteiger partial charge is 0.362 e. The number of aromatic nitrogens is 1. The molecule has 0 spiro atoms. The summed E-state index contributed by atoms with van der Waals surface area (Å²) in [7, 11) is 4.14. The van der Waals surface area contributed by atoms with Crippen molar-refractivity contribution in [1.82, 2.24) is 20.1 Å². The van der Waals surface area contributed by atoms with Crippen LogP contribution in [0.25, 0.3) is 10.9 Å². The lowest BCUT2D eigenvalue weighted by Crippen LogP contribution is -2.42. The quantitative estimate of drug-likeness (QED) is 0.663. The van der Waals surface area contributed by atoms with Gasteiger partial charge in [0, 0.05) is 24.0 Å². The van der Waals surface area contributed by atoms with Gasteiger partial charge >= 0.3 is 0 Å². The van der Waals surface area contributed by atoms with Crippen LogP contribution in [0.15, 0.2) is 23.0 Å². The molecule has 5 nitrogen and oxygen atoms in total. The number of thiocarbonyl (C=S) groups is 1. The monoisotopic (exact) mass is 402 g/mol. The van der Waals surface area contributed by atoms with E-state index in [1.54, 1.807) is 0 Å². The van der Waals surface area contributed by atoms with E-state index in [0.29, 0.717) is 17.6 Å². The molecule has 1 aromatic carbocycles. The minimum atomic E-state index is -0.0366. The van der Waals surface area contributed by atoms with E-state index in [2.05, 4.69) is 61.0 Å². The fraction of sp³-hybridized carbons (Fsp3) is 0.545. The molecule has 0 aliphatic rings. The lowest BCUT2D eigenvalue weighted by Gasteiger charge is -2.27. The van der Waals surface area contributed by atoms with Crippen molar-refractivity contribution in [2.75, 3.05) is 33.7 Å². The van der Waals surface area contributed by atoms with Gasteiger partial charge in [-0.25, -0.2) is 0 Å². The fourth-order valence-corrected chi connectivity index (χ4v) is 3.41. The SMILES string of the molecule is Cc1ccc(C)c2[nH]c(=O)c(CN(CCCN(C)C)C(=S)NCC(C)C)cc12. The van der Waals surface area contributed by atoms with Crippen LogP contribution >= 0.6 is 12.2 Å². The summed E-state index contributed by atoms with van der Waals surface area (Å²) in [5.41, 5.74) is 3.89. The van der Waals surface area contributed by atoms with Gasteiger partial charge < -0.3 is 20.1 Å². The van der Waals surface area contributed by atoms with Gasteiger partial charge in [0.2, 0.25) is 0 Å². The molecule has 154 valence electrons. The molecule has 28 heavy (non-hydrogen) atoms. The summed E-state index contributed by atoms with van der Waals surface area (Å²) >= 11 is 5.65. The van der Waals surface area contributed by atoms with E-state index in [-0.39, 0.29) is 5.56 Å². The molecule has 2 aromatic rings. The van der Waals surface area contributed by atoms with Gasteiger partial charge in [-0.3, -0.25) is 4.79 Å². The van der Waals surface area contributed by atoms with Crippen LogP contribution in [-0.4, -0.2) is 53.6 Å². The van der Waals surface area contributed by atoms with E-state index in [1.807, 2.05) is 19.1 Å². The average molecular weight is 403 g/mol. The van der Waals surface area contributed by atoms with Gasteiger partial charge in [-0.05, 0) is 76.2 Å². The second-order valence-electron chi connectivity index (χ2n) is 8.27. The van der Waals surface area contributed by atoms with Crippen molar-refractivity contribution in [1.29, 1.82) is 0 Å². The third-order valence-corrected chi connectivity index (χ3v) is 5.27. The number of aromatic amines is 1. The summed E-state index contributed by atoms with van der Waals surface area (Å²) in [5.74, 6) is 0.510. The van der Waals surface area contributed by atoms with Crippen LogP contribution in [0.5, 0.6) is 0 Å². The van der Waals surface area contributed by atoms with Gasteiger partial charge in [-0.2, -0.15) is 0 Å². The first kappa shape index (κ1) is 22.4. The molecule has 0 fully saturated rings. The van der Waals surface area contributed by atoms with Gasteiger partial charge in [-0.1, -0.05) is 26.0 Å². The van der Waals surface area contributed by atoms with Gasteiger partial charge in [-0.15, -0.1) is 0 Å². The van der Waals surface area contributed by atoms with Crippen LogP contribution in [0.4, 0.5) is 0 Å². The number of fused-ring (bicyclic) bond motifs is 1. The summed E-state index contributed by atoms with van der Waals surface area (Å²) in [6, 6.07) is 6.18. The number of benzene rings is 1. The fourth-order valence-electron chi connectivity index (χ4n) is 3.17. The van der Waals surface area contributed by atoms with Gasteiger partial charge in [0.1, 0.15) is 0 Å². The van der Waals surface area contributed by atoms with E-state index in [0.717, 1.165) is 53.6 Å². The number of hydrogen-bond acceptors (Lipinski definition) is 3.